The summed E-state index contributed by atoms with van der Waals surface area (Å²) < 4.78 is 64.2. The molecule has 0 bridgehead atoms. The second-order valence-corrected chi connectivity index (χ2v) is 5.97. The topological polar surface area (TPSA) is 37.4 Å². The van der Waals surface area contributed by atoms with E-state index in [1.807, 2.05) is 0 Å². The lowest BCUT2D eigenvalue weighted by molar-refractivity contribution is 0.403. The Kier molecular flexibility index (Phi) is 4.63. The zero-order valence-corrected chi connectivity index (χ0v) is 11.2. The van der Waals surface area contributed by atoms with E-state index in [0.717, 1.165) is 11.4 Å². The molecule has 0 radical (unpaired) electrons. The third-order valence-electron chi connectivity index (χ3n) is 2.44. The largest absolute Gasteiger partial charge is 0.248 e. The average molecular weight is 302 g/mol. The van der Waals surface area contributed by atoms with Crippen LogP contribution < -0.4 is 0 Å². The molecule has 0 N–H and O–H groups in total. The van der Waals surface area contributed by atoms with Gasteiger partial charge in [0, 0.05) is 31.1 Å². The first-order valence-corrected chi connectivity index (χ1v) is 6.87. The first-order chi connectivity index (χ1) is 8.21. The summed E-state index contributed by atoms with van der Waals surface area (Å²) in [5.41, 5.74) is 0. The van der Waals surface area contributed by atoms with Crippen molar-refractivity contribution in [2.75, 3.05) is 12.9 Å². The van der Waals surface area contributed by atoms with Crippen LogP contribution in [0.15, 0.2) is 17.0 Å². The molecule has 0 aliphatic carbocycles. The van der Waals surface area contributed by atoms with Crippen molar-refractivity contribution in [3.63, 3.8) is 0 Å². The predicted octanol–water partition coefficient (Wildman–Crippen LogP) is 2.35. The van der Waals surface area contributed by atoms with Crippen molar-refractivity contribution in [1.29, 1.82) is 0 Å². The summed E-state index contributed by atoms with van der Waals surface area (Å²) in [6.07, 6.45) is 0. The van der Waals surface area contributed by atoms with Gasteiger partial charge in [-0.1, -0.05) is 0 Å². The predicted molar refractivity (Wildman–Crippen MR) is 61.4 cm³/mol. The van der Waals surface area contributed by atoms with Gasteiger partial charge in [-0.25, -0.2) is 21.6 Å². The van der Waals surface area contributed by atoms with Crippen LogP contribution in [0.25, 0.3) is 0 Å². The number of sulfonamides is 1. The Morgan fingerprint density at radius 1 is 1.28 bits per heavy atom. The molecule has 1 atom stereocenters. The van der Waals surface area contributed by atoms with Gasteiger partial charge in [-0.3, -0.25) is 0 Å². The molecule has 8 heteroatoms. The van der Waals surface area contributed by atoms with E-state index in [4.69, 9.17) is 11.6 Å². The molecule has 1 aromatic rings. The van der Waals surface area contributed by atoms with E-state index in [2.05, 4.69) is 0 Å². The minimum Gasteiger partial charge on any atom is -0.207 e. The maximum atomic E-state index is 13.4. The van der Waals surface area contributed by atoms with E-state index in [0.29, 0.717) is 12.1 Å². The van der Waals surface area contributed by atoms with E-state index >= 15 is 0 Å². The molecule has 102 valence electrons. The van der Waals surface area contributed by atoms with Gasteiger partial charge in [0.15, 0.2) is 4.90 Å². The van der Waals surface area contributed by atoms with Gasteiger partial charge in [0.1, 0.15) is 17.5 Å². The molecule has 1 aromatic carbocycles. The number of hydrogen-bond acceptors (Lipinski definition) is 2. The number of halogens is 4. The fourth-order valence-electron chi connectivity index (χ4n) is 1.25. The van der Waals surface area contributed by atoms with Crippen molar-refractivity contribution in [1.82, 2.24) is 4.31 Å². The highest BCUT2D eigenvalue weighted by atomic mass is 35.5. The molecule has 1 unspecified atom stereocenters. The Bertz CT molecular complexity index is 527. The van der Waals surface area contributed by atoms with E-state index < -0.39 is 38.4 Å². The summed E-state index contributed by atoms with van der Waals surface area (Å²) in [7, 11) is -3.25. The van der Waals surface area contributed by atoms with Crippen LogP contribution in [0.1, 0.15) is 6.92 Å². The summed E-state index contributed by atoms with van der Waals surface area (Å²) in [4.78, 5) is -1.18. The maximum Gasteiger partial charge on any atom is 0.248 e. The summed E-state index contributed by atoms with van der Waals surface area (Å²) in [5.74, 6) is -4.17. The molecule has 0 aliphatic heterocycles. The van der Waals surface area contributed by atoms with Crippen LogP contribution in [0.4, 0.5) is 13.2 Å². The van der Waals surface area contributed by atoms with Crippen molar-refractivity contribution < 1.29 is 21.6 Å². The Labute approximate surface area is 108 Å². The fraction of sp³-hybridized carbons (Fsp3) is 0.400. The first kappa shape index (κ1) is 15.3. The van der Waals surface area contributed by atoms with Crippen LogP contribution in [0.5, 0.6) is 0 Å². The fourth-order valence-corrected chi connectivity index (χ4v) is 2.99. The standard InChI is InChI=1S/C10H11ClF3NO2S/c1-6(5-11)15(2)18(16,17)10-8(13)3-7(12)4-9(10)14/h3-4,6H,5H2,1-2H3. The van der Waals surface area contributed by atoms with Crippen LogP contribution >= 0.6 is 11.6 Å². The van der Waals surface area contributed by atoms with Gasteiger partial charge in [0.05, 0.1) is 0 Å². The normalized spacial score (nSPS) is 13.9. The van der Waals surface area contributed by atoms with Crippen LogP contribution in [0.2, 0.25) is 0 Å². The van der Waals surface area contributed by atoms with Crippen LogP contribution in [0, 0.1) is 17.5 Å². The Hall–Kier alpha value is -0.790. The molecule has 0 saturated carbocycles. The molecule has 0 fully saturated rings. The minimum absolute atomic E-state index is 0.0415. The van der Waals surface area contributed by atoms with E-state index in [1.165, 1.54) is 6.92 Å². The number of benzene rings is 1. The highest BCUT2D eigenvalue weighted by Gasteiger charge is 2.31. The Balaban J connectivity index is 3.38. The molecule has 0 aliphatic rings. The molecular formula is C10H11ClF3NO2S. The number of hydrogen-bond donors (Lipinski definition) is 0. The smallest absolute Gasteiger partial charge is 0.207 e. The average Bonchev–Trinajstić information content (AvgIpc) is 2.24. The van der Waals surface area contributed by atoms with Crippen molar-refractivity contribution in [2.24, 2.45) is 0 Å². The van der Waals surface area contributed by atoms with Crippen molar-refractivity contribution in [2.45, 2.75) is 17.9 Å². The molecule has 18 heavy (non-hydrogen) atoms. The van der Waals surface area contributed by atoms with Gasteiger partial charge < -0.3 is 0 Å². The molecule has 1 rings (SSSR count). The third-order valence-corrected chi connectivity index (χ3v) is 4.91. The zero-order chi connectivity index (χ0) is 14.1. The Morgan fingerprint density at radius 3 is 2.11 bits per heavy atom. The molecule has 0 saturated heterocycles. The molecule has 0 spiro atoms. The lowest BCUT2D eigenvalue weighted by Gasteiger charge is -2.22. The lowest BCUT2D eigenvalue weighted by Crippen LogP contribution is -2.37. The van der Waals surface area contributed by atoms with Crippen LogP contribution in [-0.4, -0.2) is 31.7 Å². The molecular weight excluding hydrogens is 291 g/mol. The zero-order valence-electron chi connectivity index (χ0n) is 9.62. The van der Waals surface area contributed by atoms with Crippen molar-refractivity contribution in [3.8, 4) is 0 Å². The molecule has 0 heterocycles. The van der Waals surface area contributed by atoms with E-state index in [-0.39, 0.29) is 5.88 Å². The first-order valence-electron chi connectivity index (χ1n) is 4.90. The second kappa shape index (κ2) is 5.46. The summed E-state index contributed by atoms with van der Waals surface area (Å²) in [6, 6.07) is -0.0230. The number of rotatable bonds is 4. The highest BCUT2D eigenvalue weighted by Crippen LogP contribution is 2.24. The van der Waals surface area contributed by atoms with Crippen LogP contribution in [-0.2, 0) is 10.0 Å². The number of nitrogens with zero attached hydrogens (tertiary/aromatic N) is 1. The van der Waals surface area contributed by atoms with Crippen LogP contribution in [0.3, 0.4) is 0 Å². The second-order valence-electron chi connectivity index (χ2n) is 3.72. The van der Waals surface area contributed by atoms with Gasteiger partial charge in [-0.05, 0) is 6.92 Å². The summed E-state index contributed by atoms with van der Waals surface area (Å²) >= 11 is 5.49. The maximum absolute atomic E-state index is 13.4. The monoisotopic (exact) mass is 301 g/mol. The summed E-state index contributed by atoms with van der Waals surface area (Å²) in [6.45, 7) is 1.48. The van der Waals surface area contributed by atoms with Crippen molar-refractivity contribution in [3.05, 3.63) is 29.6 Å². The third kappa shape index (κ3) is 2.78. The summed E-state index contributed by atoms with van der Waals surface area (Å²) in [5, 5.41) is 0. The quantitative estimate of drug-likeness (QED) is 0.801. The molecule has 0 amide bonds. The minimum atomic E-state index is -4.40. The van der Waals surface area contributed by atoms with Gasteiger partial charge in [-0.2, -0.15) is 4.31 Å². The highest BCUT2D eigenvalue weighted by molar-refractivity contribution is 7.89. The SMILES string of the molecule is CC(CCl)N(C)S(=O)(=O)c1c(F)cc(F)cc1F. The van der Waals surface area contributed by atoms with E-state index in [9.17, 15) is 21.6 Å². The van der Waals surface area contributed by atoms with Crippen molar-refractivity contribution >= 4 is 21.6 Å². The van der Waals surface area contributed by atoms with E-state index in [1.54, 1.807) is 0 Å². The van der Waals surface area contributed by atoms with Gasteiger partial charge >= 0.3 is 0 Å². The molecule has 0 aromatic heterocycles. The van der Waals surface area contributed by atoms with Gasteiger partial charge in [-0.15, -0.1) is 11.6 Å². The van der Waals surface area contributed by atoms with Gasteiger partial charge in [0.2, 0.25) is 10.0 Å². The lowest BCUT2D eigenvalue weighted by atomic mass is 10.3. The van der Waals surface area contributed by atoms with Gasteiger partial charge in [0.25, 0.3) is 0 Å². The Morgan fingerprint density at radius 2 is 1.72 bits per heavy atom. The molecule has 3 nitrogen and oxygen atoms in total. The number of alkyl halides is 1.